The first-order valence-corrected chi connectivity index (χ1v) is 7.51. The number of nitrogens with zero attached hydrogens (tertiary/aromatic N) is 1. The Morgan fingerprint density at radius 1 is 1.17 bits per heavy atom. The molecule has 122 valence electrons. The highest BCUT2D eigenvalue weighted by Crippen LogP contribution is 2.27. The molecule has 2 amide bonds. The molecule has 0 aromatic heterocycles. The lowest BCUT2D eigenvalue weighted by Crippen LogP contribution is -2.38. The number of rotatable bonds is 4. The molecular formula is C16H17FN2O4. The smallest absolute Gasteiger partial charge is 0.343 e. The molecule has 1 atom stereocenters. The van der Waals surface area contributed by atoms with Gasteiger partial charge in [-0.2, -0.15) is 0 Å². The zero-order valence-electron chi connectivity index (χ0n) is 12.4. The Morgan fingerprint density at radius 2 is 1.78 bits per heavy atom. The maximum absolute atomic E-state index is 14.0. The van der Waals surface area contributed by atoms with E-state index in [9.17, 15) is 18.8 Å². The topological polar surface area (TPSA) is 86.7 Å². The van der Waals surface area contributed by atoms with Crippen molar-refractivity contribution in [2.45, 2.75) is 31.0 Å². The Labute approximate surface area is 132 Å². The number of aliphatic carboxylic acids is 1. The van der Waals surface area contributed by atoms with Gasteiger partial charge in [-0.3, -0.25) is 9.59 Å². The Balaban J connectivity index is 1.66. The van der Waals surface area contributed by atoms with E-state index < -0.39 is 24.1 Å². The van der Waals surface area contributed by atoms with Gasteiger partial charge in [-0.15, -0.1) is 0 Å². The number of likely N-dealkylation sites (tertiary alicyclic amines) is 1. The van der Waals surface area contributed by atoms with E-state index in [-0.39, 0.29) is 24.9 Å². The Morgan fingerprint density at radius 3 is 2.30 bits per heavy atom. The molecule has 1 aromatic rings. The van der Waals surface area contributed by atoms with Crippen LogP contribution in [0, 0.1) is 0 Å². The average molecular weight is 320 g/mol. The second-order valence-corrected chi connectivity index (χ2v) is 6.07. The summed E-state index contributed by atoms with van der Waals surface area (Å²) in [5.41, 5.74) is -1.61. The monoisotopic (exact) mass is 320 g/mol. The number of nitrogens with one attached hydrogen (secondary N) is 1. The van der Waals surface area contributed by atoms with E-state index in [1.165, 1.54) is 17.0 Å². The second kappa shape index (κ2) is 5.64. The molecule has 2 fully saturated rings. The second-order valence-electron chi connectivity index (χ2n) is 6.07. The number of carboxylic acids is 1. The largest absolute Gasteiger partial charge is 0.479 e. The minimum atomic E-state index is -2.38. The summed E-state index contributed by atoms with van der Waals surface area (Å²) in [6.45, 7) is -0.392. The van der Waals surface area contributed by atoms with Crippen molar-refractivity contribution in [3.05, 3.63) is 35.4 Å². The predicted octanol–water partition coefficient (Wildman–Crippen LogP) is 1.22. The molecule has 0 bridgehead atoms. The van der Waals surface area contributed by atoms with E-state index in [2.05, 4.69) is 5.32 Å². The maximum Gasteiger partial charge on any atom is 0.343 e. The third-order valence-electron chi connectivity index (χ3n) is 4.20. The molecule has 0 radical (unpaired) electrons. The zero-order valence-corrected chi connectivity index (χ0v) is 12.4. The number of amides is 2. The normalized spacial score (nSPS) is 23.6. The fourth-order valence-electron chi connectivity index (χ4n) is 2.56. The van der Waals surface area contributed by atoms with Crippen molar-refractivity contribution in [2.24, 2.45) is 0 Å². The molecule has 7 heteroatoms. The zero-order chi connectivity index (χ0) is 16.6. The van der Waals surface area contributed by atoms with Gasteiger partial charge in [-0.1, -0.05) is 0 Å². The Bertz CT molecular complexity index is 657. The molecule has 1 aliphatic carbocycles. The molecule has 2 aliphatic rings. The lowest BCUT2D eigenvalue weighted by atomic mass is 10.1. The highest BCUT2D eigenvalue weighted by molar-refractivity contribution is 5.98. The minimum Gasteiger partial charge on any atom is -0.479 e. The van der Waals surface area contributed by atoms with Crippen LogP contribution in [0.3, 0.4) is 0 Å². The van der Waals surface area contributed by atoms with Gasteiger partial charge in [-0.25, -0.2) is 9.18 Å². The summed E-state index contributed by atoms with van der Waals surface area (Å²) in [6.07, 6.45) is 1.77. The van der Waals surface area contributed by atoms with Gasteiger partial charge in [-0.05, 0) is 37.1 Å². The summed E-state index contributed by atoms with van der Waals surface area (Å²) < 4.78 is 14.0. The van der Waals surface area contributed by atoms with Crippen molar-refractivity contribution >= 4 is 17.8 Å². The molecule has 1 heterocycles. The summed E-state index contributed by atoms with van der Waals surface area (Å²) in [7, 11) is 0. The first-order valence-electron chi connectivity index (χ1n) is 7.51. The summed E-state index contributed by atoms with van der Waals surface area (Å²) in [6, 6.07) is 6.34. The van der Waals surface area contributed by atoms with E-state index in [4.69, 9.17) is 5.11 Å². The van der Waals surface area contributed by atoms with Crippen molar-refractivity contribution in [2.75, 3.05) is 13.1 Å². The summed E-state index contributed by atoms with van der Waals surface area (Å²) in [5, 5.41) is 11.7. The SMILES string of the molecule is O=C(NC1CC1)c1ccc(C(=O)N2CCC(F)(C(=O)O)C2)cc1. The maximum atomic E-state index is 14.0. The standard InChI is InChI=1S/C16H17FN2O4/c17-16(15(22)23)7-8-19(9-16)14(21)11-3-1-10(2-4-11)13(20)18-12-5-6-12/h1-4,12H,5-9H2,(H,18,20)(H,22,23). The van der Waals surface area contributed by atoms with Gasteiger partial charge in [0.1, 0.15) is 0 Å². The predicted molar refractivity (Wildman–Crippen MR) is 78.9 cm³/mol. The van der Waals surface area contributed by atoms with E-state index in [1.54, 1.807) is 12.1 Å². The first-order chi connectivity index (χ1) is 10.9. The van der Waals surface area contributed by atoms with Crippen LogP contribution in [0.25, 0.3) is 0 Å². The number of hydrogen-bond acceptors (Lipinski definition) is 3. The molecule has 1 aromatic carbocycles. The molecule has 1 saturated carbocycles. The van der Waals surface area contributed by atoms with Crippen molar-refractivity contribution in [3.8, 4) is 0 Å². The highest BCUT2D eigenvalue weighted by Gasteiger charge is 2.46. The van der Waals surface area contributed by atoms with E-state index in [0.29, 0.717) is 11.1 Å². The lowest BCUT2D eigenvalue weighted by molar-refractivity contribution is -0.149. The van der Waals surface area contributed by atoms with Gasteiger partial charge in [0, 0.05) is 30.1 Å². The van der Waals surface area contributed by atoms with Gasteiger partial charge in [0.15, 0.2) is 0 Å². The van der Waals surface area contributed by atoms with Gasteiger partial charge in [0.05, 0.1) is 6.54 Å². The number of halogens is 1. The van der Waals surface area contributed by atoms with Crippen molar-refractivity contribution in [1.82, 2.24) is 10.2 Å². The molecule has 23 heavy (non-hydrogen) atoms. The van der Waals surface area contributed by atoms with E-state index >= 15 is 0 Å². The van der Waals surface area contributed by atoms with Gasteiger partial charge in [0.25, 0.3) is 11.8 Å². The minimum absolute atomic E-state index is 0.0611. The molecule has 6 nitrogen and oxygen atoms in total. The number of hydrogen-bond donors (Lipinski definition) is 2. The fraction of sp³-hybridized carbons (Fsp3) is 0.438. The van der Waals surface area contributed by atoms with E-state index in [0.717, 1.165) is 12.8 Å². The van der Waals surface area contributed by atoms with Crippen LogP contribution in [0.1, 0.15) is 40.0 Å². The number of carbonyl (C=O) groups excluding carboxylic acids is 2. The summed E-state index contributed by atoms with van der Waals surface area (Å²) >= 11 is 0. The van der Waals surface area contributed by atoms with Crippen molar-refractivity contribution in [1.29, 1.82) is 0 Å². The van der Waals surface area contributed by atoms with Gasteiger partial charge < -0.3 is 15.3 Å². The lowest BCUT2D eigenvalue weighted by Gasteiger charge is -2.17. The molecule has 0 spiro atoms. The van der Waals surface area contributed by atoms with Crippen LogP contribution < -0.4 is 5.32 Å². The molecule has 1 unspecified atom stereocenters. The number of benzene rings is 1. The van der Waals surface area contributed by atoms with Crippen LogP contribution in [-0.2, 0) is 4.79 Å². The van der Waals surface area contributed by atoms with E-state index in [1.807, 2.05) is 0 Å². The molecule has 2 N–H and O–H groups in total. The van der Waals surface area contributed by atoms with Gasteiger partial charge in [0.2, 0.25) is 5.67 Å². The summed E-state index contributed by atoms with van der Waals surface area (Å²) in [5.74, 6) is -2.15. The first kappa shape index (κ1) is 15.5. The molecular weight excluding hydrogens is 303 g/mol. The average Bonchev–Trinajstić information content (AvgIpc) is 3.25. The molecule has 3 rings (SSSR count). The summed E-state index contributed by atoms with van der Waals surface area (Å²) in [4.78, 5) is 36.2. The molecule has 1 saturated heterocycles. The highest BCUT2D eigenvalue weighted by atomic mass is 19.1. The number of alkyl halides is 1. The number of carbonyl (C=O) groups is 3. The fourth-order valence-corrected chi connectivity index (χ4v) is 2.56. The Hall–Kier alpha value is -2.44. The van der Waals surface area contributed by atoms with Crippen molar-refractivity contribution < 1.29 is 23.9 Å². The number of carboxylic acid groups (broad SMARTS) is 1. The van der Waals surface area contributed by atoms with Crippen molar-refractivity contribution in [3.63, 3.8) is 0 Å². The van der Waals surface area contributed by atoms with Crippen LogP contribution in [0.2, 0.25) is 0 Å². The van der Waals surface area contributed by atoms with Crippen LogP contribution in [0.4, 0.5) is 4.39 Å². The molecule has 1 aliphatic heterocycles. The van der Waals surface area contributed by atoms with Crippen LogP contribution in [0.5, 0.6) is 0 Å². The third-order valence-corrected chi connectivity index (χ3v) is 4.20. The Kier molecular flexibility index (Phi) is 3.79. The van der Waals surface area contributed by atoms with Crippen LogP contribution in [0.15, 0.2) is 24.3 Å². The van der Waals surface area contributed by atoms with Gasteiger partial charge >= 0.3 is 5.97 Å². The quantitative estimate of drug-likeness (QED) is 0.873. The third kappa shape index (κ3) is 3.18. The van der Waals surface area contributed by atoms with Crippen LogP contribution >= 0.6 is 0 Å². The van der Waals surface area contributed by atoms with Crippen LogP contribution in [-0.4, -0.2) is 52.6 Å².